The van der Waals surface area contributed by atoms with Crippen molar-refractivity contribution in [3.05, 3.63) is 23.3 Å². The lowest BCUT2D eigenvalue weighted by Crippen LogP contribution is -1.99. The predicted octanol–water partition coefficient (Wildman–Crippen LogP) is 5.34. The summed E-state index contributed by atoms with van der Waals surface area (Å²) in [5.41, 5.74) is 2.68. The number of allylic oxidation sites excluding steroid dienone is 4. The van der Waals surface area contributed by atoms with Crippen LogP contribution in [0, 0.1) is 0 Å². The van der Waals surface area contributed by atoms with E-state index in [0.717, 1.165) is 19.3 Å². The first-order chi connectivity index (χ1) is 8.93. The first kappa shape index (κ1) is 18.6. The third-order valence-electron chi connectivity index (χ3n) is 2.64. The Labute approximate surface area is 118 Å². The topological polar surface area (TPSA) is 35.5 Å². The van der Waals surface area contributed by atoms with Gasteiger partial charge in [0.2, 0.25) is 0 Å². The summed E-state index contributed by atoms with van der Waals surface area (Å²) in [5, 5.41) is 0. The molecule has 0 aliphatic heterocycles. The third kappa shape index (κ3) is 10.1. The second-order valence-corrected chi connectivity index (χ2v) is 7.01. The molecule has 0 heterocycles. The molecule has 0 aromatic rings. The maximum atomic E-state index is 12.2. The van der Waals surface area contributed by atoms with Crippen LogP contribution in [0.1, 0.15) is 53.9 Å². The van der Waals surface area contributed by atoms with Crippen molar-refractivity contribution in [2.45, 2.75) is 53.9 Å². The smallest absolute Gasteiger partial charge is 0.309 e. The standard InChI is InChI=1S/C15H29O3P/c1-6-17-19(16,18-7-2)13-9-12-15(5)11-8-10-14(3)4/h10,12H,6-9,11,13H2,1-5H3. The van der Waals surface area contributed by atoms with E-state index >= 15 is 0 Å². The molecule has 112 valence electrons. The second-order valence-electron chi connectivity index (χ2n) is 4.83. The Morgan fingerprint density at radius 2 is 1.58 bits per heavy atom. The molecule has 0 aliphatic carbocycles. The molecule has 0 amide bonds. The van der Waals surface area contributed by atoms with Crippen LogP contribution in [0.3, 0.4) is 0 Å². The molecule has 0 saturated carbocycles. The number of hydrogen-bond donors (Lipinski definition) is 0. The molecule has 0 aromatic carbocycles. The highest BCUT2D eigenvalue weighted by molar-refractivity contribution is 7.53. The van der Waals surface area contributed by atoms with E-state index in [-0.39, 0.29) is 0 Å². The van der Waals surface area contributed by atoms with Crippen LogP contribution in [0.15, 0.2) is 23.3 Å². The summed E-state index contributed by atoms with van der Waals surface area (Å²) in [6, 6.07) is 0. The fourth-order valence-electron chi connectivity index (χ4n) is 1.72. The van der Waals surface area contributed by atoms with Crippen LogP contribution in [-0.2, 0) is 13.6 Å². The Balaban J connectivity index is 4.15. The van der Waals surface area contributed by atoms with E-state index < -0.39 is 7.60 Å². The van der Waals surface area contributed by atoms with E-state index in [2.05, 4.69) is 32.9 Å². The molecule has 0 saturated heterocycles. The molecule has 0 aliphatic rings. The summed E-state index contributed by atoms with van der Waals surface area (Å²) in [4.78, 5) is 0. The van der Waals surface area contributed by atoms with Gasteiger partial charge in [0.15, 0.2) is 0 Å². The van der Waals surface area contributed by atoms with Crippen molar-refractivity contribution >= 4 is 7.60 Å². The molecule has 0 fully saturated rings. The molecule has 0 N–H and O–H groups in total. The summed E-state index contributed by atoms with van der Waals surface area (Å²) < 4.78 is 22.7. The largest absolute Gasteiger partial charge is 0.330 e. The van der Waals surface area contributed by atoms with Gasteiger partial charge in [0.05, 0.1) is 19.4 Å². The maximum absolute atomic E-state index is 12.2. The Morgan fingerprint density at radius 3 is 2.05 bits per heavy atom. The van der Waals surface area contributed by atoms with Gasteiger partial charge in [-0.3, -0.25) is 4.57 Å². The Kier molecular flexibility index (Phi) is 10.2. The van der Waals surface area contributed by atoms with E-state index in [1.54, 1.807) is 0 Å². The van der Waals surface area contributed by atoms with Crippen molar-refractivity contribution in [2.75, 3.05) is 19.4 Å². The van der Waals surface area contributed by atoms with Crippen molar-refractivity contribution in [2.24, 2.45) is 0 Å². The van der Waals surface area contributed by atoms with Gasteiger partial charge in [-0.25, -0.2) is 0 Å². The van der Waals surface area contributed by atoms with Gasteiger partial charge in [-0.05, 0) is 53.9 Å². The fourth-order valence-corrected chi connectivity index (χ4v) is 3.28. The van der Waals surface area contributed by atoms with E-state index in [1.807, 2.05) is 13.8 Å². The summed E-state index contributed by atoms with van der Waals surface area (Å²) in [6.45, 7) is 10.9. The van der Waals surface area contributed by atoms with Crippen molar-refractivity contribution in [3.8, 4) is 0 Å². The lowest BCUT2D eigenvalue weighted by molar-refractivity contribution is 0.220. The van der Waals surface area contributed by atoms with Gasteiger partial charge in [0, 0.05) is 0 Å². The highest BCUT2D eigenvalue weighted by Crippen LogP contribution is 2.48. The highest BCUT2D eigenvalue weighted by atomic mass is 31.2. The van der Waals surface area contributed by atoms with Crippen LogP contribution < -0.4 is 0 Å². The Morgan fingerprint density at radius 1 is 1.00 bits per heavy atom. The molecule has 0 spiro atoms. The van der Waals surface area contributed by atoms with Gasteiger partial charge in [-0.15, -0.1) is 0 Å². The average molecular weight is 288 g/mol. The maximum Gasteiger partial charge on any atom is 0.330 e. The molecule has 4 heteroatoms. The van der Waals surface area contributed by atoms with Crippen molar-refractivity contribution in [1.82, 2.24) is 0 Å². The van der Waals surface area contributed by atoms with E-state index in [9.17, 15) is 4.57 Å². The van der Waals surface area contributed by atoms with Crippen LogP contribution in [0.25, 0.3) is 0 Å². The predicted molar refractivity (Wildman–Crippen MR) is 82.8 cm³/mol. The monoisotopic (exact) mass is 288 g/mol. The van der Waals surface area contributed by atoms with Crippen LogP contribution >= 0.6 is 7.60 Å². The van der Waals surface area contributed by atoms with Gasteiger partial charge >= 0.3 is 7.60 Å². The molecule has 0 radical (unpaired) electrons. The van der Waals surface area contributed by atoms with Gasteiger partial charge in [0.25, 0.3) is 0 Å². The first-order valence-electron chi connectivity index (χ1n) is 7.10. The normalized spacial score (nSPS) is 12.6. The van der Waals surface area contributed by atoms with Crippen molar-refractivity contribution in [3.63, 3.8) is 0 Å². The summed E-state index contributed by atoms with van der Waals surface area (Å²) >= 11 is 0. The van der Waals surface area contributed by atoms with Gasteiger partial charge < -0.3 is 9.05 Å². The summed E-state index contributed by atoms with van der Waals surface area (Å²) in [7, 11) is -2.87. The minimum absolute atomic E-state index is 0.431. The molecule has 0 rings (SSSR count). The van der Waals surface area contributed by atoms with Crippen LogP contribution in [0.4, 0.5) is 0 Å². The summed E-state index contributed by atoms with van der Waals surface area (Å²) in [5.74, 6) is 0. The van der Waals surface area contributed by atoms with Crippen molar-refractivity contribution in [1.29, 1.82) is 0 Å². The lowest BCUT2D eigenvalue weighted by atomic mass is 10.1. The third-order valence-corrected chi connectivity index (χ3v) is 4.75. The average Bonchev–Trinajstić information content (AvgIpc) is 2.28. The van der Waals surface area contributed by atoms with Crippen LogP contribution in [0.5, 0.6) is 0 Å². The van der Waals surface area contributed by atoms with Crippen molar-refractivity contribution < 1.29 is 13.6 Å². The summed E-state index contributed by atoms with van der Waals surface area (Å²) in [6.07, 6.45) is 7.72. The number of hydrogen-bond acceptors (Lipinski definition) is 3. The lowest BCUT2D eigenvalue weighted by Gasteiger charge is -2.16. The minimum atomic E-state index is -2.87. The molecule has 0 bridgehead atoms. The zero-order valence-electron chi connectivity index (χ0n) is 13.1. The van der Waals surface area contributed by atoms with E-state index in [1.165, 1.54) is 11.1 Å². The SMILES string of the molecule is CCOP(=O)(CCC=C(C)CCC=C(C)C)OCC. The quantitative estimate of drug-likeness (QED) is 0.402. The molecular formula is C15H29O3P. The molecule has 0 aromatic heterocycles. The van der Waals surface area contributed by atoms with Gasteiger partial charge in [-0.2, -0.15) is 0 Å². The molecule has 3 nitrogen and oxygen atoms in total. The molecule has 0 unspecified atom stereocenters. The second kappa shape index (κ2) is 10.4. The molecule has 19 heavy (non-hydrogen) atoms. The molecular weight excluding hydrogens is 259 g/mol. The first-order valence-corrected chi connectivity index (χ1v) is 8.83. The fraction of sp³-hybridized carbons (Fsp3) is 0.733. The van der Waals surface area contributed by atoms with E-state index in [0.29, 0.717) is 19.4 Å². The Bertz CT molecular complexity index is 331. The Hall–Kier alpha value is -0.370. The van der Waals surface area contributed by atoms with Crippen LogP contribution in [-0.4, -0.2) is 19.4 Å². The van der Waals surface area contributed by atoms with Gasteiger partial charge in [-0.1, -0.05) is 23.3 Å². The zero-order valence-corrected chi connectivity index (χ0v) is 14.0. The highest BCUT2D eigenvalue weighted by Gasteiger charge is 2.21. The minimum Gasteiger partial charge on any atom is -0.309 e. The zero-order chi connectivity index (χ0) is 14.7. The van der Waals surface area contributed by atoms with Gasteiger partial charge in [0.1, 0.15) is 0 Å². The van der Waals surface area contributed by atoms with Crippen LogP contribution in [0.2, 0.25) is 0 Å². The number of rotatable bonds is 10. The molecule has 0 atom stereocenters. The van der Waals surface area contributed by atoms with E-state index in [4.69, 9.17) is 9.05 Å².